The van der Waals surface area contributed by atoms with Gasteiger partial charge in [0.2, 0.25) is 0 Å². The molecule has 0 bridgehead atoms. The summed E-state index contributed by atoms with van der Waals surface area (Å²) in [4.78, 5) is 42.5. The summed E-state index contributed by atoms with van der Waals surface area (Å²) in [6.07, 6.45) is 4.29. The highest BCUT2D eigenvalue weighted by Gasteiger charge is 2.44. The van der Waals surface area contributed by atoms with Crippen LogP contribution < -0.4 is 0 Å². The van der Waals surface area contributed by atoms with Gasteiger partial charge in [0.05, 0.1) is 26.5 Å². The van der Waals surface area contributed by atoms with Crippen molar-refractivity contribution in [3.05, 3.63) is 18.2 Å². The average molecular weight is 337 g/mol. The molecule has 132 valence electrons. The third kappa shape index (κ3) is 3.42. The maximum atomic E-state index is 12.8. The lowest BCUT2D eigenvalue weighted by atomic mass is 9.88. The number of methoxy groups -OCH3 is 2. The van der Waals surface area contributed by atoms with Crippen molar-refractivity contribution in [3.63, 3.8) is 0 Å². The Bertz CT molecular complexity index is 625. The van der Waals surface area contributed by atoms with E-state index in [0.717, 1.165) is 0 Å². The largest absolute Gasteiger partial charge is 0.469 e. The topological polar surface area (TPSA) is 90.7 Å². The van der Waals surface area contributed by atoms with Gasteiger partial charge in [0.15, 0.2) is 0 Å². The summed E-state index contributed by atoms with van der Waals surface area (Å²) < 4.78 is 11.4. The third-order valence-corrected chi connectivity index (χ3v) is 4.26. The van der Waals surface area contributed by atoms with Crippen LogP contribution in [0, 0.1) is 5.92 Å². The van der Waals surface area contributed by atoms with Gasteiger partial charge in [-0.2, -0.15) is 0 Å². The van der Waals surface area contributed by atoms with E-state index >= 15 is 0 Å². The zero-order valence-corrected chi connectivity index (χ0v) is 14.4. The van der Waals surface area contributed by atoms with Crippen molar-refractivity contribution in [2.45, 2.75) is 38.8 Å². The van der Waals surface area contributed by atoms with Crippen LogP contribution >= 0.6 is 0 Å². The van der Waals surface area contributed by atoms with Gasteiger partial charge in [0, 0.05) is 18.8 Å². The summed E-state index contributed by atoms with van der Waals surface area (Å²) in [5.74, 6) is -2.26. The van der Waals surface area contributed by atoms with Gasteiger partial charge in [-0.3, -0.25) is 9.59 Å². The maximum Gasteiger partial charge on any atom is 0.329 e. The zero-order chi connectivity index (χ0) is 17.9. The number of amides is 1. The number of likely N-dealkylation sites (tertiary alicyclic amines) is 1. The highest BCUT2D eigenvalue weighted by molar-refractivity contribution is 5.96. The number of rotatable bonds is 4. The van der Waals surface area contributed by atoms with E-state index in [4.69, 9.17) is 9.47 Å². The average Bonchev–Trinajstić information content (AvgIpc) is 3.09. The van der Waals surface area contributed by atoms with Crippen LogP contribution in [0.25, 0.3) is 0 Å². The summed E-state index contributed by atoms with van der Waals surface area (Å²) in [5, 5.41) is 0. The van der Waals surface area contributed by atoms with Crippen molar-refractivity contribution in [2.24, 2.45) is 5.92 Å². The first-order valence-corrected chi connectivity index (χ1v) is 7.90. The smallest absolute Gasteiger partial charge is 0.329 e. The summed E-state index contributed by atoms with van der Waals surface area (Å²) in [5.41, 5.74) is 0.239. The first-order valence-electron chi connectivity index (χ1n) is 7.90. The molecular formula is C16H23N3O5. The number of carbonyl (C=O) groups excluding carboxylic acids is 3. The molecular weight excluding hydrogens is 314 g/mol. The molecule has 1 aromatic rings. The molecule has 1 fully saturated rings. The Morgan fingerprint density at radius 2 is 1.88 bits per heavy atom. The van der Waals surface area contributed by atoms with E-state index in [-0.39, 0.29) is 11.7 Å². The Morgan fingerprint density at radius 1 is 1.21 bits per heavy atom. The second kappa shape index (κ2) is 7.46. The van der Waals surface area contributed by atoms with Crippen LogP contribution in [0.2, 0.25) is 0 Å². The quantitative estimate of drug-likeness (QED) is 0.762. The van der Waals surface area contributed by atoms with Gasteiger partial charge in [-0.15, -0.1) is 0 Å². The fourth-order valence-corrected chi connectivity index (χ4v) is 2.91. The highest BCUT2D eigenvalue weighted by atomic mass is 16.5. The van der Waals surface area contributed by atoms with Crippen molar-refractivity contribution in [1.82, 2.24) is 14.5 Å². The Labute approximate surface area is 140 Å². The molecule has 8 nitrogen and oxygen atoms in total. The van der Waals surface area contributed by atoms with E-state index in [1.807, 2.05) is 18.4 Å². The Kier molecular flexibility index (Phi) is 5.58. The van der Waals surface area contributed by atoms with Gasteiger partial charge in [0.1, 0.15) is 11.7 Å². The number of imidazole rings is 1. The first-order chi connectivity index (χ1) is 11.4. The summed E-state index contributed by atoms with van der Waals surface area (Å²) in [6, 6.07) is -0.826. The molecule has 0 unspecified atom stereocenters. The molecule has 2 atom stereocenters. The molecule has 0 radical (unpaired) electrons. The number of piperidine rings is 1. The molecule has 8 heteroatoms. The minimum atomic E-state index is -0.993. The Balaban J connectivity index is 2.31. The summed E-state index contributed by atoms with van der Waals surface area (Å²) in [6.45, 7) is 4.31. The molecule has 2 rings (SSSR count). The normalized spacial score (nSPS) is 20.8. The molecule has 1 amide bonds. The number of esters is 2. The molecule has 0 aliphatic carbocycles. The summed E-state index contributed by atoms with van der Waals surface area (Å²) >= 11 is 0. The molecule has 1 saturated heterocycles. The number of ether oxygens (including phenoxy) is 2. The lowest BCUT2D eigenvalue weighted by Gasteiger charge is -2.37. The van der Waals surface area contributed by atoms with Crippen LogP contribution in [0.4, 0.5) is 0 Å². The van der Waals surface area contributed by atoms with Crippen LogP contribution in [0.1, 0.15) is 43.2 Å². The predicted octanol–water partition coefficient (Wildman–Crippen LogP) is 1.03. The fraction of sp³-hybridized carbons (Fsp3) is 0.625. The molecule has 1 aromatic heterocycles. The molecule has 0 spiro atoms. The fourth-order valence-electron chi connectivity index (χ4n) is 2.91. The Morgan fingerprint density at radius 3 is 2.42 bits per heavy atom. The van der Waals surface area contributed by atoms with Crippen LogP contribution in [0.5, 0.6) is 0 Å². The molecule has 0 N–H and O–H groups in total. The third-order valence-electron chi connectivity index (χ3n) is 4.26. The molecule has 24 heavy (non-hydrogen) atoms. The minimum Gasteiger partial charge on any atom is -0.469 e. The van der Waals surface area contributed by atoms with Crippen molar-refractivity contribution in [1.29, 1.82) is 0 Å². The van der Waals surface area contributed by atoms with E-state index in [1.165, 1.54) is 19.1 Å². The first kappa shape index (κ1) is 18.0. The van der Waals surface area contributed by atoms with Crippen LogP contribution in [-0.2, 0) is 19.1 Å². The van der Waals surface area contributed by atoms with Crippen LogP contribution in [0.15, 0.2) is 12.5 Å². The van der Waals surface area contributed by atoms with E-state index in [1.54, 1.807) is 12.5 Å². The summed E-state index contributed by atoms with van der Waals surface area (Å²) in [7, 11) is 2.50. The van der Waals surface area contributed by atoms with E-state index in [2.05, 4.69) is 4.98 Å². The van der Waals surface area contributed by atoms with Gasteiger partial charge in [-0.25, -0.2) is 9.78 Å². The monoisotopic (exact) mass is 337 g/mol. The Hall–Kier alpha value is -2.38. The van der Waals surface area contributed by atoms with Gasteiger partial charge < -0.3 is 18.9 Å². The molecule has 1 aliphatic heterocycles. The van der Waals surface area contributed by atoms with Gasteiger partial charge >= 0.3 is 11.9 Å². The van der Waals surface area contributed by atoms with Gasteiger partial charge in [-0.05, 0) is 26.7 Å². The van der Waals surface area contributed by atoms with Crippen molar-refractivity contribution < 1.29 is 23.9 Å². The van der Waals surface area contributed by atoms with Crippen molar-refractivity contribution >= 4 is 17.8 Å². The van der Waals surface area contributed by atoms with Crippen LogP contribution in [-0.4, -0.2) is 59.1 Å². The van der Waals surface area contributed by atoms with E-state index in [0.29, 0.717) is 19.4 Å². The van der Waals surface area contributed by atoms with Crippen molar-refractivity contribution in [2.75, 3.05) is 20.8 Å². The van der Waals surface area contributed by atoms with Crippen LogP contribution in [0.3, 0.4) is 0 Å². The SMILES string of the molecule is COC(=O)[C@H]1CCCN(C(=O)c2cn(C(C)C)cn2)[C@@H]1C(=O)OC. The predicted molar refractivity (Wildman–Crippen MR) is 84.2 cm³/mol. The lowest BCUT2D eigenvalue weighted by molar-refractivity contribution is -0.160. The number of carbonyl (C=O) groups is 3. The van der Waals surface area contributed by atoms with E-state index in [9.17, 15) is 14.4 Å². The number of nitrogens with zero attached hydrogens (tertiary/aromatic N) is 3. The zero-order valence-electron chi connectivity index (χ0n) is 14.4. The standard InChI is InChI=1S/C16H23N3O5/c1-10(2)18-8-12(17-9-18)14(20)19-7-5-6-11(15(21)23-3)13(19)16(22)24-4/h8-11,13H,5-7H2,1-4H3/t11-,13-/m0/s1. The molecule has 1 aliphatic rings. The van der Waals surface area contributed by atoms with Gasteiger partial charge in [-0.1, -0.05) is 0 Å². The number of aromatic nitrogens is 2. The molecule has 2 heterocycles. The lowest BCUT2D eigenvalue weighted by Crippen LogP contribution is -2.55. The molecule has 0 saturated carbocycles. The second-order valence-corrected chi connectivity index (χ2v) is 6.04. The highest BCUT2D eigenvalue weighted by Crippen LogP contribution is 2.27. The minimum absolute atomic E-state index is 0.166. The van der Waals surface area contributed by atoms with Gasteiger partial charge in [0.25, 0.3) is 5.91 Å². The second-order valence-electron chi connectivity index (χ2n) is 6.04. The van der Waals surface area contributed by atoms with E-state index < -0.39 is 29.8 Å². The molecule has 0 aromatic carbocycles. The number of hydrogen-bond donors (Lipinski definition) is 0. The maximum absolute atomic E-state index is 12.8. The van der Waals surface area contributed by atoms with Crippen molar-refractivity contribution in [3.8, 4) is 0 Å². The number of hydrogen-bond acceptors (Lipinski definition) is 6.